The highest BCUT2D eigenvalue weighted by atomic mass is 32.2. The number of hydrogen-bond donors (Lipinski definition) is 1. The summed E-state index contributed by atoms with van der Waals surface area (Å²) in [6.45, 7) is 4.16. The average molecular weight is 257 g/mol. The molecule has 3 atom stereocenters. The predicted molar refractivity (Wildman–Crippen MR) is 71.5 cm³/mol. The van der Waals surface area contributed by atoms with Gasteiger partial charge in [-0.05, 0) is 25.2 Å². The van der Waals surface area contributed by atoms with Gasteiger partial charge in [0.15, 0.2) is 0 Å². The monoisotopic (exact) mass is 257 g/mol. The molecule has 0 radical (unpaired) electrons. The third-order valence-corrected chi connectivity index (χ3v) is 5.13. The van der Waals surface area contributed by atoms with Gasteiger partial charge in [0.25, 0.3) is 0 Å². The first-order chi connectivity index (χ1) is 7.84. The third kappa shape index (κ3) is 4.33. The highest BCUT2D eigenvalue weighted by Crippen LogP contribution is 2.24. The van der Waals surface area contributed by atoms with E-state index in [4.69, 9.17) is 6.42 Å². The van der Waals surface area contributed by atoms with E-state index in [1.54, 1.807) is 0 Å². The Labute approximate surface area is 105 Å². The summed E-state index contributed by atoms with van der Waals surface area (Å²) in [5, 5.41) is 3.21. The van der Waals surface area contributed by atoms with Crippen molar-refractivity contribution in [3.05, 3.63) is 0 Å². The highest BCUT2D eigenvalue weighted by Gasteiger charge is 2.29. The van der Waals surface area contributed by atoms with Gasteiger partial charge in [-0.15, -0.1) is 6.42 Å². The summed E-state index contributed by atoms with van der Waals surface area (Å²) in [4.78, 5) is 0. The molecule has 0 aliphatic heterocycles. The summed E-state index contributed by atoms with van der Waals surface area (Å²) >= 11 is 0. The van der Waals surface area contributed by atoms with Crippen LogP contribution in [0.2, 0.25) is 0 Å². The Kier molecular flexibility index (Phi) is 5.03. The van der Waals surface area contributed by atoms with Crippen molar-refractivity contribution in [2.75, 3.05) is 6.26 Å². The molecule has 1 aliphatic carbocycles. The maximum atomic E-state index is 11.6. The molecule has 1 aliphatic rings. The van der Waals surface area contributed by atoms with Gasteiger partial charge in [-0.25, -0.2) is 8.42 Å². The van der Waals surface area contributed by atoms with Crippen LogP contribution in [0.15, 0.2) is 0 Å². The first-order valence-corrected chi connectivity index (χ1v) is 8.21. The smallest absolute Gasteiger partial charge is 0.150 e. The molecule has 17 heavy (non-hydrogen) atoms. The van der Waals surface area contributed by atoms with Crippen molar-refractivity contribution in [1.29, 1.82) is 0 Å². The second-order valence-electron chi connectivity index (χ2n) is 5.37. The van der Waals surface area contributed by atoms with Crippen molar-refractivity contribution in [1.82, 2.24) is 5.32 Å². The fourth-order valence-corrected chi connectivity index (χ4v) is 3.55. The van der Waals surface area contributed by atoms with Crippen molar-refractivity contribution < 1.29 is 8.42 Å². The predicted octanol–water partition coefficient (Wildman–Crippen LogP) is 1.59. The van der Waals surface area contributed by atoms with Crippen LogP contribution in [0.25, 0.3) is 0 Å². The van der Waals surface area contributed by atoms with Crippen molar-refractivity contribution in [2.45, 2.75) is 56.9 Å². The molecular formula is C13H23NO2S. The molecule has 1 N–H and O–H groups in total. The fraction of sp³-hybridized carbons (Fsp3) is 0.846. The van der Waals surface area contributed by atoms with E-state index in [0.717, 1.165) is 19.3 Å². The van der Waals surface area contributed by atoms with E-state index in [1.807, 2.05) is 0 Å². The van der Waals surface area contributed by atoms with Crippen LogP contribution in [0, 0.1) is 18.3 Å². The Morgan fingerprint density at radius 2 is 2.00 bits per heavy atom. The van der Waals surface area contributed by atoms with Gasteiger partial charge in [0, 0.05) is 12.3 Å². The highest BCUT2D eigenvalue weighted by molar-refractivity contribution is 7.91. The van der Waals surface area contributed by atoms with Gasteiger partial charge in [0.2, 0.25) is 0 Å². The zero-order valence-electron chi connectivity index (χ0n) is 10.9. The SMILES string of the molecule is C#CC(NC1CCCC(S(C)(=O)=O)C1)C(C)C. The topological polar surface area (TPSA) is 46.2 Å². The number of rotatable bonds is 4. The van der Waals surface area contributed by atoms with E-state index >= 15 is 0 Å². The van der Waals surface area contributed by atoms with Gasteiger partial charge >= 0.3 is 0 Å². The lowest BCUT2D eigenvalue weighted by Crippen LogP contribution is -2.45. The van der Waals surface area contributed by atoms with Crippen molar-refractivity contribution in [3.8, 4) is 12.3 Å². The van der Waals surface area contributed by atoms with Crippen LogP contribution in [0.3, 0.4) is 0 Å². The zero-order valence-corrected chi connectivity index (χ0v) is 11.8. The van der Waals surface area contributed by atoms with E-state index in [0.29, 0.717) is 12.3 Å². The molecule has 0 saturated heterocycles. The molecule has 0 bridgehead atoms. The van der Waals surface area contributed by atoms with Gasteiger partial charge in [-0.2, -0.15) is 0 Å². The number of hydrogen-bond acceptors (Lipinski definition) is 3. The molecule has 1 saturated carbocycles. The molecule has 3 nitrogen and oxygen atoms in total. The Morgan fingerprint density at radius 3 is 2.47 bits per heavy atom. The molecule has 4 heteroatoms. The van der Waals surface area contributed by atoms with Crippen LogP contribution in [0.4, 0.5) is 0 Å². The Bertz CT molecular complexity index is 381. The molecule has 0 aromatic carbocycles. The molecule has 0 aromatic heterocycles. The maximum Gasteiger partial charge on any atom is 0.150 e. The van der Waals surface area contributed by atoms with Crippen molar-refractivity contribution >= 4 is 9.84 Å². The molecule has 0 heterocycles. The summed E-state index contributed by atoms with van der Waals surface area (Å²) in [7, 11) is -2.91. The quantitative estimate of drug-likeness (QED) is 0.778. The third-order valence-electron chi connectivity index (χ3n) is 3.49. The Morgan fingerprint density at radius 1 is 1.35 bits per heavy atom. The minimum atomic E-state index is -2.91. The maximum absolute atomic E-state index is 11.6. The van der Waals surface area contributed by atoms with Crippen LogP contribution in [0.1, 0.15) is 39.5 Å². The molecule has 1 fully saturated rings. The lowest BCUT2D eigenvalue weighted by atomic mass is 9.93. The van der Waals surface area contributed by atoms with E-state index in [2.05, 4.69) is 25.1 Å². The van der Waals surface area contributed by atoms with Crippen molar-refractivity contribution in [3.63, 3.8) is 0 Å². The molecule has 98 valence electrons. The molecule has 0 amide bonds. The normalized spacial score (nSPS) is 27.7. The van der Waals surface area contributed by atoms with E-state index < -0.39 is 9.84 Å². The summed E-state index contributed by atoms with van der Waals surface area (Å²) < 4.78 is 23.1. The largest absolute Gasteiger partial charge is 0.301 e. The molecule has 0 spiro atoms. The van der Waals surface area contributed by atoms with Crippen LogP contribution < -0.4 is 5.32 Å². The van der Waals surface area contributed by atoms with Crippen LogP contribution in [-0.2, 0) is 9.84 Å². The number of sulfone groups is 1. The van der Waals surface area contributed by atoms with Gasteiger partial charge in [0.1, 0.15) is 9.84 Å². The van der Waals surface area contributed by atoms with Gasteiger partial charge in [-0.3, -0.25) is 0 Å². The fourth-order valence-electron chi connectivity index (χ4n) is 2.37. The average Bonchev–Trinajstić information content (AvgIpc) is 2.24. The zero-order chi connectivity index (χ0) is 13.1. The standard InChI is InChI=1S/C13H23NO2S/c1-5-13(10(2)3)14-11-7-6-8-12(9-11)17(4,15)16/h1,10-14H,6-9H2,2-4H3. The first-order valence-electron chi connectivity index (χ1n) is 6.25. The minimum Gasteiger partial charge on any atom is -0.301 e. The van der Waals surface area contributed by atoms with Gasteiger partial charge < -0.3 is 5.32 Å². The second-order valence-corrected chi connectivity index (χ2v) is 7.70. The minimum absolute atomic E-state index is 0.0401. The molecule has 0 aromatic rings. The number of terminal acetylenes is 1. The van der Waals surface area contributed by atoms with E-state index in [-0.39, 0.29) is 17.3 Å². The van der Waals surface area contributed by atoms with Gasteiger partial charge in [0.05, 0.1) is 11.3 Å². The van der Waals surface area contributed by atoms with E-state index in [1.165, 1.54) is 6.26 Å². The molecule has 1 rings (SSSR count). The number of nitrogens with one attached hydrogen (secondary N) is 1. The second kappa shape index (κ2) is 5.88. The summed E-state index contributed by atoms with van der Waals surface area (Å²) in [5.41, 5.74) is 0. The summed E-state index contributed by atoms with van der Waals surface area (Å²) in [6.07, 6.45) is 10.3. The Hall–Kier alpha value is -0.530. The van der Waals surface area contributed by atoms with E-state index in [9.17, 15) is 8.42 Å². The molecule has 3 unspecified atom stereocenters. The summed E-state index contributed by atoms with van der Waals surface area (Å²) in [5.74, 6) is 3.12. The Balaban J connectivity index is 2.59. The van der Waals surface area contributed by atoms with Crippen LogP contribution in [0.5, 0.6) is 0 Å². The summed E-state index contributed by atoms with van der Waals surface area (Å²) in [6, 6.07) is 0.283. The lowest BCUT2D eigenvalue weighted by Gasteiger charge is -2.31. The first kappa shape index (κ1) is 14.5. The lowest BCUT2D eigenvalue weighted by molar-refractivity contribution is 0.331. The van der Waals surface area contributed by atoms with Gasteiger partial charge in [-0.1, -0.05) is 26.2 Å². The van der Waals surface area contributed by atoms with Crippen LogP contribution >= 0.6 is 0 Å². The van der Waals surface area contributed by atoms with Crippen LogP contribution in [-0.4, -0.2) is 32.0 Å². The molecular weight excluding hydrogens is 234 g/mol. The van der Waals surface area contributed by atoms with Crippen molar-refractivity contribution in [2.24, 2.45) is 5.92 Å².